The van der Waals surface area contributed by atoms with E-state index in [4.69, 9.17) is 8.83 Å². The second kappa shape index (κ2) is 12.6. The largest absolute Gasteiger partial charge is 0.456 e. The maximum absolute atomic E-state index is 6.64. The molecule has 0 saturated heterocycles. The Hall–Kier alpha value is -7.94. The predicted molar refractivity (Wildman–Crippen MR) is 265 cm³/mol. The highest BCUT2D eigenvalue weighted by atomic mass is 16.3. The summed E-state index contributed by atoms with van der Waals surface area (Å²) in [5.74, 6) is 0. The third kappa shape index (κ3) is 4.84. The number of hydrogen-bond acceptors (Lipinski definition) is 2. The predicted octanol–water partition coefficient (Wildman–Crippen LogP) is 17.4. The molecule has 0 radical (unpaired) electrons. The Kier molecular flexibility index (Phi) is 6.93. The number of benzene rings is 11. The topological polar surface area (TPSA) is 26.3 Å². The van der Waals surface area contributed by atoms with E-state index in [1.54, 1.807) is 0 Å². The first-order valence-electron chi connectivity index (χ1n) is 21.9. The molecule has 13 aromatic rings. The molecule has 1 aliphatic rings. The summed E-state index contributed by atoms with van der Waals surface area (Å²) in [7, 11) is 0. The molecule has 2 aromatic heterocycles. The van der Waals surface area contributed by atoms with Crippen LogP contribution in [-0.4, -0.2) is 0 Å². The maximum atomic E-state index is 6.64. The highest BCUT2D eigenvalue weighted by Crippen LogP contribution is 2.53. The summed E-state index contributed by atoms with van der Waals surface area (Å²) in [5.41, 5.74) is 16.0. The van der Waals surface area contributed by atoms with Crippen LogP contribution in [0.4, 0.5) is 0 Å². The smallest absolute Gasteiger partial charge is 0.136 e. The second-order valence-corrected chi connectivity index (χ2v) is 17.9. The van der Waals surface area contributed by atoms with Crippen molar-refractivity contribution in [3.8, 4) is 44.5 Å². The van der Waals surface area contributed by atoms with E-state index >= 15 is 0 Å². The van der Waals surface area contributed by atoms with Crippen LogP contribution in [0.3, 0.4) is 0 Å². The molecule has 2 nitrogen and oxygen atoms in total. The van der Waals surface area contributed by atoms with Crippen molar-refractivity contribution >= 4 is 87.0 Å². The molecule has 63 heavy (non-hydrogen) atoms. The van der Waals surface area contributed by atoms with Crippen LogP contribution in [0.2, 0.25) is 0 Å². The summed E-state index contributed by atoms with van der Waals surface area (Å²) in [6, 6.07) is 71.3. The van der Waals surface area contributed by atoms with Gasteiger partial charge in [0.15, 0.2) is 0 Å². The van der Waals surface area contributed by atoms with Crippen molar-refractivity contribution in [1.82, 2.24) is 0 Å². The van der Waals surface area contributed by atoms with E-state index in [-0.39, 0.29) is 5.41 Å². The molecule has 0 aliphatic heterocycles. The summed E-state index contributed by atoms with van der Waals surface area (Å²) in [5, 5.41) is 14.4. The van der Waals surface area contributed by atoms with Crippen molar-refractivity contribution in [3.05, 3.63) is 205 Å². The molecule has 2 heteroatoms. The van der Waals surface area contributed by atoms with Crippen LogP contribution in [0, 0.1) is 0 Å². The Morgan fingerprint density at radius 1 is 0.302 bits per heavy atom. The van der Waals surface area contributed by atoms with E-state index in [9.17, 15) is 0 Å². The fourth-order valence-corrected chi connectivity index (χ4v) is 11.3. The van der Waals surface area contributed by atoms with E-state index in [1.807, 2.05) is 12.1 Å². The minimum absolute atomic E-state index is 0.180. The molecule has 0 bridgehead atoms. The molecular formula is C61H38O2. The molecule has 0 fully saturated rings. The molecule has 0 spiro atoms. The normalized spacial score (nSPS) is 13.4. The maximum Gasteiger partial charge on any atom is 0.136 e. The highest BCUT2D eigenvalue weighted by molar-refractivity contribution is 6.27. The SMILES string of the molecule is CC1(C)c2ccc(-c3ccc4c(c3)oc3ccc5oc6cc7ccccc7cc6c5c34)cc2-c2ccc(-c3c4ccccc4c(-c4cccc5ccccc45)c4ccccc34)cc21. The Morgan fingerprint density at radius 2 is 0.857 bits per heavy atom. The van der Waals surface area contributed by atoms with Gasteiger partial charge in [-0.3, -0.25) is 0 Å². The van der Waals surface area contributed by atoms with Crippen molar-refractivity contribution < 1.29 is 8.83 Å². The third-order valence-electron chi connectivity index (χ3n) is 14.2. The van der Waals surface area contributed by atoms with Gasteiger partial charge in [-0.05, 0) is 147 Å². The van der Waals surface area contributed by atoms with Crippen LogP contribution in [0.15, 0.2) is 203 Å². The molecular weight excluding hydrogens is 765 g/mol. The first-order chi connectivity index (χ1) is 31.0. The van der Waals surface area contributed by atoms with Crippen molar-refractivity contribution in [2.24, 2.45) is 0 Å². The van der Waals surface area contributed by atoms with Gasteiger partial charge in [-0.25, -0.2) is 0 Å². The molecule has 14 rings (SSSR count). The third-order valence-corrected chi connectivity index (χ3v) is 14.2. The van der Waals surface area contributed by atoms with E-state index in [1.165, 1.54) is 93.2 Å². The summed E-state index contributed by atoms with van der Waals surface area (Å²) in [6.07, 6.45) is 0. The monoisotopic (exact) mass is 802 g/mol. The Morgan fingerprint density at radius 3 is 1.59 bits per heavy atom. The van der Waals surface area contributed by atoms with Crippen LogP contribution >= 0.6 is 0 Å². The van der Waals surface area contributed by atoms with Crippen molar-refractivity contribution in [1.29, 1.82) is 0 Å². The van der Waals surface area contributed by atoms with Crippen molar-refractivity contribution in [2.75, 3.05) is 0 Å². The molecule has 11 aromatic carbocycles. The average molecular weight is 803 g/mol. The van der Waals surface area contributed by atoms with Gasteiger partial charge in [-0.2, -0.15) is 0 Å². The average Bonchev–Trinajstić information content (AvgIpc) is 3.95. The minimum Gasteiger partial charge on any atom is -0.456 e. The van der Waals surface area contributed by atoms with Gasteiger partial charge in [0.1, 0.15) is 22.3 Å². The molecule has 0 unspecified atom stereocenters. The van der Waals surface area contributed by atoms with Crippen LogP contribution in [0.25, 0.3) is 131 Å². The summed E-state index contributed by atoms with van der Waals surface area (Å²) in [4.78, 5) is 0. The van der Waals surface area contributed by atoms with Gasteiger partial charge in [-0.15, -0.1) is 0 Å². The van der Waals surface area contributed by atoms with Gasteiger partial charge < -0.3 is 8.83 Å². The lowest BCUT2D eigenvalue weighted by molar-refractivity contribution is 0.660. The number of fused-ring (bicyclic) bond motifs is 14. The quantitative estimate of drug-likeness (QED) is 0.166. The van der Waals surface area contributed by atoms with Gasteiger partial charge in [0, 0.05) is 27.0 Å². The summed E-state index contributed by atoms with van der Waals surface area (Å²) >= 11 is 0. The minimum atomic E-state index is -0.180. The zero-order valence-corrected chi connectivity index (χ0v) is 34.8. The zero-order chi connectivity index (χ0) is 41.6. The van der Waals surface area contributed by atoms with E-state index in [2.05, 4.69) is 196 Å². The number of furan rings is 2. The van der Waals surface area contributed by atoms with Crippen molar-refractivity contribution in [3.63, 3.8) is 0 Å². The molecule has 294 valence electrons. The molecule has 2 heterocycles. The molecule has 0 amide bonds. The molecule has 0 saturated carbocycles. The molecule has 0 N–H and O–H groups in total. The summed E-state index contributed by atoms with van der Waals surface area (Å²) in [6.45, 7) is 4.76. The van der Waals surface area contributed by atoms with Gasteiger partial charge in [0.05, 0.1) is 0 Å². The highest BCUT2D eigenvalue weighted by Gasteiger charge is 2.36. The Balaban J connectivity index is 0.902. The lowest BCUT2D eigenvalue weighted by atomic mass is 9.80. The second-order valence-electron chi connectivity index (χ2n) is 17.9. The van der Waals surface area contributed by atoms with E-state index < -0.39 is 0 Å². The van der Waals surface area contributed by atoms with Crippen LogP contribution < -0.4 is 0 Å². The first-order valence-corrected chi connectivity index (χ1v) is 21.9. The van der Waals surface area contributed by atoms with Gasteiger partial charge in [0.2, 0.25) is 0 Å². The summed E-state index contributed by atoms with van der Waals surface area (Å²) < 4.78 is 13.1. The Bertz CT molecular complexity index is 4060. The zero-order valence-electron chi connectivity index (χ0n) is 34.8. The van der Waals surface area contributed by atoms with Gasteiger partial charge in [-0.1, -0.05) is 159 Å². The fraction of sp³-hybridized carbons (Fsp3) is 0.0492. The van der Waals surface area contributed by atoms with E-state index in [0.29, 0.717) is 0 Å². The standard InChI is InChI=1S/C61H38O2/c1-61(2)51-27-24-38(39-22-26-48-55(34-39)62-53-28-29-54-60(59(48)53)50-31-36-13-3-4-14-37(36)33-56(50)63-54)30-49(51)42-25-23-40(32-52(42)61)57-44-17-7-9-19-46(44)58(47-20-10-8-18-45(47)57)43-21-11-15-35-12-5-6-16-41(35)43/h3-34H,1-2H3. The lowest BCUT2D eigenvalue weighted by Gasteiger charge is -2.23. The van der Waals surface area contributed by atoms with Gasteiger partial charge in [0.25, 0.3) is 0 Å². The van der Waals surface area contributed by atoms with E-state index in [0.717, 1.165) is 49.4 Å². The van der Waals surface area contributed by atoms with Gasteiger partial charge >= 0.3 is 0 Å². The fourth-order valence-electron chi connectivity index (χ4n) is 11.3. The lowest BCUT2D eigenvalue weighted by Crippen LogP contribution is -2.15. The van der Waals surface area contributed by atoms with Crippen LogP contribution in [-0.2, 0) is 5.41 Å². The number of hydrogen-bond donors (Lipinski definition) is 0. The van der Waals surface area contributed by atoms with Crippen molar-refractivity contribution in [2.45, 2.75) is 19.3 Å². The molecule has 1 aliphatic carbocycles. The van der Waals surface area contributed by atoms with Crippen LogP contribution in [0.5, 0.6) is 0 Å². The van der Waals surface area contributed by atoms with Crippen LogP contribution in [0.1, 0.15) is 25.0 Å². The Labute approximate surface area is 363 Å². The first kappa shape index (κ1) is 34.7. The number of rotatable bonds is 3. The molecule has 0 atom stereocenters.